The Morgan fingerprint density at radius 3 is 2.72 bits per heavy atom. The fraction of sp³-hybridized carbons (Fsp3) is 0.364. The molecule has 0 aliphatic heterocycles. The van der Waals surface area contributed by atoms with E-state index < -0.39 is 4.92 Å². The van der Waals surface area contributed by atoms with Gasteiger partial charge in [-0.3, -0.25) is 10.1 Å². The number of hydrogen-bond donors (Lipinski definition) is 0. The lowest BCUT2D eigenvalue weighted by atomic mass is 10.1. The van der Waals surface area contributed by atoms with Gasteiger partial charge in [-0.2, -0.15) is 5.26 Å². The van der Waals surface area contributed by atoms with Crippen LogP contribution in [0.4, 0.5) is 5.69 Å². The zero-order chi connectivity index (χ0) is 13.5. The van der Waals surface area contributed by atoms with Gasteiger partial charge in [0.1, 0.15) is 11.6 Å². The number of benzene rings is 1. The first-order valence-electron chi connectivity index (χ1n) is 5.09. The number of nitriles is 1. The maximum Gasteiger partial charge on any atom is 0.291 e. The van der Waals surface area contributed by atoms with Crippen molar-refractivity contribution in [3.05, 3.63) is 27.8 Å². The summed E-state index contributed by atoms with van der Waals surface area (Å²) in [5.41, 5.74) is -0.374. The first-order valence-corrected chi connectivity index (χ1v) is 5.62. The number of halogens is 1. The van der Waals surface area contributed by atoms with Gasteiger partial charge in [0.05, 0.1) is 24.7 Å². The van der Waals surface area contributed by atoms with E-state index in [1.54, 1.807) is 6.07 Å². The molecule has 0 radical (unpaired) electrons. The lowest BCUT2D eigenvalue weighted by Gasteiger charge is -2.10. The van der Waals surface area contributed by atoms with Crippen molar-refractivity contribution >= 4 is 17.3 Å². The molecule has 6 nitrogen and oxygen atoms in total. The Kier molecular flexibility index (Phi) is 5.21. The Morgan fingerprint density at radius 2 is 2.22 bits per heavy atom. The SMILES string of the molecule is COc1cc([N+](=O)[O-])c(C#N)cc1OCCCCl. The van der Waals surface area contributed by atoms with Crippen LogP contribution >= 0.6 is 11.6 Å². The summed E-state index contributed by atoms with van der Waals surface area (Å²) >= 11 is 5.51. The van der Waals surface area contributed by atoms with E-state index in [1.165, 1.54) is 19.2 Å². The van der Waals surface area contributed by atoms with Crippen LogP contribution in [-0.4, -0.2) is 24.5 Å². The van der Waals surface area contributed by atoms with Gasteiger partial charge in [-0.1, -0.05) is 0 Å². The average Bonchev–Trinajstić information content (AvgIpc) is 2.38. The second kappa shape index (κ2) is 6.67. The summed E-state index contributed by atoms with van der Waals surface area (Å²) in [7, 11) is 1.37. The molecule has 1 aromatic carbocycles. The molecule has 1 aromatic rings. The molecule has 7 heteroatoms. The van der Waals surface area contributed by atoms with E-state index in [-0.39, 0.29) is 17.0 Å². The van der Waals surface area contributed by atoms with Gasteiger partial charge in [0.25, 0.3) is 5.69 Å². The van der Waals surface area contributed by atoms with Crippen LogP contribution in [0.5, 0.6) is 11.5 Å². The number of methoxy groups -OCH3 is 1. The van der Waals surface area contributed by atoms with Crippen LogP contribution in [0.3, 0.4) is 0 Å². The average molecular weight is 271 g/mol. The van der Waals surface area contributed by atoms with Crippen molar-refractivity contribution in [1.82, 2.24) is 0 Å². The monoisotopic (exact) mass is 270 g/mol. The van der Waals surface area contributed by atoms with Crippen molar-refractivity contribution in [2.45, 2.75) is 6.42 Å². The van der Waals surface area contributed by atoms with Crippen LogP contribution in [0.25, 0.3) is 0 Å². The van der Waals surface area contributed by atoms with Gasteiger partial charge in [-0.05, 0) is 6.42 Å². The third-order valence-corrected chi connectivity index (χ3v) is 2.40. The number of nitro benzene ring substituents is 1. The molecule has 0 amide bonds. The molecular formula is C11H11ClN2O4. The van der Waals surface area contributed by atoms with Crippen LogP contribution in [-0.2, 0) is 0 Å². The highest BCUT2D eigenvalue weighted by Crippen LogP contribution is 2.34. The predicted molar refractivity (Wildman–Crippen MR) is 65.2 cm³/mol. The van der Waals surface area contributed by atoms with Crippen molar-refractivity contribution in [2.75, 3.05) is 19.6 Å². The summed E-state index contributed by atoms with van der Waals surface area (Å²) in [4.78, 5) is 10.1. The molecule has 18 heavy (non-hydrogen) atoms. The van der Waals surface area contributed by atoms with E-state index in [4.69, 9.17) is 26.3 Å². The van der Waals surface area contributed by atoms with Gasteiger partial charge >= 0.3 is 0 Å². The first-order chi connectivity index (χ1) is 8.63. The Balaban J connectivity index is 3.11. The second-order valence-electron chi connectivity index (χ2n) is 3.28. The topological polar surface area (TPSA) is 85.4 Å². The van der Waals surface area contributed by atoms with Gasteiger partial charge in [0, 0.05) is 11.9 Å². The number of nitrogens with zero attached hydrogens (tertiary/aromatic N) is 2. The number of hydrogen-bond acceptors (Lipinski definition) is 5. The molecule has 0 fully saturated rings. The van der Waals surface area contributed by atoms with Crippen LogP contribution < -0.4 is 9.47 Å². The van der Waals surface area contributed by atoms with E-state index in [9.17, 15) is 10.1 Å². The van der Waals surface area contributed by atoms with Crippen molar-refractivity contribution in [3.63, 3.8) is 0 Å². The predicted octanol–water partition coefficient (Wildman–Crippen LogP) is 2.48. The lowest BCUT2D eigenvalue weighted by molar-refractivity contribution is -0.385. The summed E-state index contributed by atoms with van der Waals surface area (Å²) in [5, 5.41) is 19.6. The van der Waals surface area contributed by atoms with Crippen molar-refractivity contribution in [1.29, 1.82) is 5.26 Å². The second-order valence-corrected chi connectivity index (χ2v) is 3.66. The van der Waals surface area contributed by atoms with Crippen LogP contribution in [0.1, 0.15) is 12.0 Å². The molecule has 0 aliphatic carbocycles. The van der Waals surface area contributed by atoms with E-state index in [0.29, 0.717) is 24.7 Å². The third-order valence-electron chi connectivity index (χ3n) is 2.13. The Labute approximate surface area is 109 Å². The van der Waals surface area contributed by atoms with Gasteiger partial charge < -0.3 is 9.47 Å². The molecule has 0 bridgehead atoms. The normalized spacial score (nSPS) is 9.61. The highest BCUT2D eigenvalue weighted by atomic mass is 35.5. The van der Waals surface area contributed by atoms with E-state index in [2.05, 4.69) is 0 Å². The molecule has 0 saturated heterocycles. The maximum absolute atomic E-state index is 10.8. The molecule has 0 N–H and O–H groups in total. The summed E-state index contributed by atoms with van der Waals surface area (Å²) in [5.74, 6) is 0.959. The number of rotatable bonds is 6. The summed E-state index contributed by atoms with van der Waals surface area (Å²) in [6, 6.07) is 4.23. The summed E-state index contributed by atoms with van der Waals surface area (Å²) in [6.45, 7) is 0.350. The Bertz CT molecular complexity index is 485. The number of alkyl halides is 1. The van der Waals surface area contributed by atoms with Crippen LogP contribution in [0.2, 0.25) is 0 Å². The van der Waals surface area contributed by atoms with Crippen LogP contribution in [0, 0.1) is 21.4 Å². The summed E-state index contributed by atoms with van der Waals surface area (Å²) in [6.07, 6.45) is 0.629. The Hall–Kier alpha value is -2.00. The quantitative estimate of drug-likeness (QED) is 0.343. The van der Waals surface area contributed by atoms with E-state index in [0.717, 1.165) is 0 Å². The van der Waals surface area contributed by atoms with Crippen LogP contribution in [0.15, 0.2) is 12.1 Å². The van der Waals surface area contributed by atoms with E-state index >= 15 is 0 Å². The first kappa shape index (κ1) is 14.1. The molecule has 0 unspecified atom stereocenters. The van der Waals surface area contributed by atoms with Crippen molar-refractivity contribution in [3.8, 4) is 17.6 Å². The minimum atomic E-state index is -0.635. The molecule has 0 heterocycles. The fourth-order valence-corrected chi connectivity index (χ4v) is 1.41. The highest BCUT2D eigenvalue weighted by molar-refractivity contribution is 6.17. The Morgan fingerprint density at radius 1 is 1.50 bits per heavy atom. The van der Waals surface area contributed by atoms with Gasteiger partial charge in [-0.15, -0.1) is 11.6 Å². The van der Waals surface area contributed by atoms with E-state index in [1.807, 2.05) is 0 Å². The molecule has 0 spiro atoms. The minimum absolute atomic E-state index is 0.0679. The maximum atomic E-state index is 10.8. The summed E-state index contributed by atoms with van der Waals surface area (Å²) < 4.78 is 10.4. The minimum Gasteiger partial charge on any atom is -0.493 e. The number of ether oxygens (including phenoxy) is 2. The molecular weight excluding hydrogens is 260 g/mol. The fourth-order valence-electron chi connectivity index (χ4n) is 1.30. The lowest BCUT2D eigenvalue weighted by Crippen LogP contribution is -2.02. The highest BCUT2D eigenvalue weighted by Gasteiger charge is 2.19. The molecule has 0 atom stereocenters. The van der Waals surface area contributed by atoms with Gasteiger partial charge in [-0.25, -0.2) is 0 Å². The third kappa shape index (κ3) is 3.25. The van der Waals surface area contributed by atoms with Gasteiger partial charge in [0.2, 0.25) is 0 Å². The molecule has 96 valence electrons. The smallest absolute Gasteiger partial charge is 0.291 e. The zero-order valence-electron chi connectivity index (χ0n) is 9.68. The molecule has 1 rings (SSSR count). The molecule has 0 saturated carbocycles. The van der Waals surface area contributed by atoms with Crippen molar-refractivity contribution in [2.24, 2.45) is 0 Å². The molecule has 0 aromatic heterocycles. The standard InChI is InChI=1S/C11H11ClN2O4/c1-17-10-6-9(14(15)16)8(7-13)5-11(10)18-4-2-3-12/h5-6H,2-4H2,1H3. The molecule has 0 aliphatic rings. The van der Waals surface area contributed by atoms with Crippen molar-refractivity contribution < 1.29 is 14.4 Å². The zero-order valence-corrected chi connectivity index (χ0v) is 10.4. The number of nitro groups is 1. The largest absolute Gasteiger partial charge is 0.493 e. The van der Waals surface area contributed by atoms with Gasteiger partial charge in [0.15, 0.2) is 11.5 Å².